The van der Waals surface area contributed by atoms with Crippen LogP contribution in [0.3, 0.4) is 0 Å². The molecule has 2 N–H and O–H groups in total. The van der Waals surface area contributed by atoms with E-state index in [1.54, 1.807) is 0 Å². The second-order valence-electron chi connectivity index (χ2n) is 7.69. The number of aromatic nitrogens is 2. The van der Waals surface area contributed by atoms with Gasteiger partial charge < -0.3 is 20.1 Å². The molecular weight excluding hydrogens is 330 g/mol. The lowest BCUT2D eigenvalue weighted by atomic mass is 10.1. The molecule has 0 atom stereocenters. The fourth-order valence-electron chi connectivity index (χ4n) is 3.13. The largest absolute Gasteiger partial charge is 0.351 e. The third kappa shape index (κ3) is 5.56. The van der Waals surface area contributed by atoms with E-state index in [-0.39, 0.29) is 11.8 Å². The summed E-state index contributed by atoms with van der Waals surface area (Å²) in [6.45, 7) is 7.17. The summed E-state index contributed by atoms with van der Waals surface area (Å²) < 4.78 is 1.93. The first-order valence-corrected chi connectivity index (χ1v) is 9.70. The third-order valence-corrected chi connectivity index (χ3v) is 4.61. The Morgan fingerprint density at radius 3 is 2.58 bits per heavy atom. The molecule has 0 bridgehead atoms. The van der Waals surface area contributed by atoms with Crippen molar-refractivity contribution in [3.8, 4) is 0 Å². The van der Waals surface area contributed by atoms with Crippen molar-refractivity contribution >= 4 is 11.8 Å². The van der Waals surface area contributed by atoms with Crippen molar-refractivity contribution in [3.05, 3.63) is 17.2 Å². The van der Waals surface area contributed by atoms with Crippen LogP contribution in [0.2, 0.25) is 0 Å². The summed E-state index contributed by atoms with van der Waals surface area (Å²) in [5.41, 5.74) is 1.32. The topological polar surface area (TPSA) is 79.3 Å². The maximum Gasteiger partial charge on any atom is 0.287 e. The van der Waals surface area contributed by atoms with Gasteiger partial charge in [0.05, 0.1) is 5.69 Å². The second kappa shape index (κ2) is 9.71. The van der Waals surface area contributed by atoms with Gasteiger partial charge in [0, 0.05) is 19.6 Å². The molecule has 146 valence electrons. The Kier molecular flexibility index (Phi) is 7.63. The van der Waals surface area contributed by atoms with Crippen LogP contribution in [0.15, 0.2) is 0 Å². The van der Waals surface area contributed by atoms with Crippen LogP contribution in [0.25, 0.3) is 0 Å². The van der Waals surface area contributed by atoms with Crippen molar-refractivity contribution in [2.75, 3.05) is 33.7 Å². The van der Waals surface area contributed by atoms with E-state index in [2.05, 4.69) is 34.4 Å². The average molecular weight is 364 g/mol. The van der Waals surface area contributed by atoms with E-state index in [0.29, 0.717) is 30.5 Å². The summed E-state index contributed by atoms with van der Waals surface area (Å²) in [5.74, 6) is 0.561. The smallest absolute Gasteiger partial charge is 0.287 e. The molecule has 0 aromatic carbocycles. The lowest BCUT2D eigenvalue weighted by Gasteiger charge is -2.17. The standard InChI is InChI=1S/C19H33N5O2/c1-14(2)9-11-21-19(26)17-22-16(15-8-5-6-13-24(15)17)18(25)20-10-7-12-23(3)4/h14H,5-13H2,1-4H3,(H,20,25)(H,21,26). The highest BCUT2D eigenvalue weighted by atomic mass is 16.2. The number of hydrogen-bond donors (Lipinski definition) is 2. The highest BCUT2D eigenvalue weighted by Crippen LogP contribution is 2.21. The van der Waals surface area contributed by atoms with Gasteiger partial charge >= 0.3 is 0 Å². The van der Waals surface area contributed by atoms with E-state index >= 15 is 0 Å². The molecule has 1 aliphatic rings. The van der Waals surface area contributed by atoms with Crippen LogP contribution in [0.5, 0.6) is 0 Å². The minimum absolute atomic E-state index is 0.171. The van der Waals surface area contributed by atoms with Crippen molar-refractivity contribution in [1.82, 2.24) is 25.1 Å². The monoisotopic (exact) mass is 363 g/mol. The highest BCUT2D eigenvalue weighted by molar-refractivity contribution is 5.97. The Morgan fingerprint density at radius 2 is 1.88 bits per heavy atom. The van der Waals surface area contributed by atoms with Gasteiger partial charge in [0.1, 0.15) is 5.69 Å². The SMILES string of the molecule is CC(C)CCNC(=O)c1nc(C(=O)NCCCN(C)C)c2n1CCCC2. The Labute approximate surface area is 156 Å². The molecule has 1 aliphatic heterocycles. The third-order valence-electron chi connectivity index (χ3n) is 4.61. The van der Waals surface area contributed by atoms with Gasteiger partial charge in [-0.3, -0.25) is 9.59 Å². The molecule has 2 rings (SSSR count). The zero-order valence-electron chi connectivity index (χ0n) is 16.6. The highest BCUT2D eigenvalue weighted by Gasteiger charge is 2.27. The first-order chi connectivity index (χ1) is 12.4. The second-order valence-corrected chi connectivity index (χ2v) is 7.69. The lowest BCUT2D eigenvalue weighted by Crippen LogP contribution is -2.29. The number of imidazole rings is 1. The van der Waals surface area contributed by atoms with Gasteiger partial charge in [-0.1, -0.05) is 13.8 Å². The van der Waals surface area contributed by atoms with E-state index in [9.17, 15) is 9.59 Å². The lowest BCUT2D eigenvalue weighted by molar-refractivity contribution is 0.0936. The number of fused-ring (bicyclic) bond motifs is 1. The Hall–Kier alpha value is -1.89. The van der Waals surface area contributed by atoms with Crippen molar-refractivity contribution in [1.29, 1.82) is 0 Å². The first-order valence-electron chi connectivity index (χ1n) is 9.70. The van der Waals surface area contributed by atoms with E-state index in [1.165, 1.54) is 0 Å². The summed E-state index contributed by atoms with van der Waals surface area (Å²) in [4.78, 5) is 31.6. The minimum Gasteiger partial charge on any atom is -0.351 e. The van der Waals surface area contributed by atoms with E-state index in [0.717, 1.165) is 50.9 Å². The molecule has 0 saturated heterocycles. The number of rotatable bonds is 9. The number of amides is 2. The predicted octanol–water partition coefficient (Wildman–Crippen LogP) is 1.68. The van der Waals surface area contributed by atoms with Crippen molar-refractivity contribution < 1.29 is 9.59 Å². The summed E-state index contributed by atoms with van der Waals surface area (Å²) in [6, 6.07) is 0. The van der Waals surface area contributed by atoms with Crippen LogP contribution in [0.1, 0.15) is 66.3 Å². The van der Waals surface area contributed by atoms with Gasteiger partial charge in [-0.25, -0.2) is 4.98 Å². The van der Waals surface area contributed by atoms with Gasteiger partial charge in [0.15, 0.2) is 5.82 Å². The minimum atomic E-state index is -0.180. The Balaban J connectivity index is 2.06. The van der Waals surface area contributed by atoms with Gasteiger partial charge in [0.2, 0.25) is 0 Å². The Morgan fingerprint density at radius 1 is 1.15 bits per heavy atom. The van der Waals surface area contributed by atoms with Gasteiger partial charge in [-0.2, -0.15) is 0 Å². The molecular formula is C19H33N5O2. The summed E-state index contributed by atoms with van der Waals surface area (Å²) in [5, 5.41) is 5.88. The van der Waals surface area contributed by atoms with Gasteiger partial charge in [-0.15, -0.1) is 0 Å². The molecule has 0 unspecified atom stereocenters. The molecule has 0 saturated carbocycles. The van der Waals surface area contributed by atoms with Crippen molar-refractivity contribution in [2.45, 2.75) is 52.5 Å². The zero-order chi connectivity index (χ0) is 19.1. The van der Waals surface area contributed by atoms with Gasteiger partial charge in [-0.05, 0) is 58.7 Å². The maximum atomic E-state index is 12.6. The summed E-state index contributed by atoms with van der Waals surface area (Å²) >= 11 is 0. The van der Waals surface area contributed by atoms with Gasteiger partial charge in [0.25, 0.3) is 11.8 Å². The predicted molar refractivity (Wildman–Crippen MR) is 102 cm³/mol. The van der Waals surface area contributed by atoms with Crippen molar-refractivity contribution in [2.24, 2.45) is 5.92 Å². The summed E-state index contributed by atoms with van der Waals surface area (Å²) in [7, 11) is 4.02. The molecule has 0 aliphatic carbocycles. The number of carbonyl (C=O) groups excluding carboxylic acids is 2. The molecule has 2 heterocycles. The van der Waals surface area contributed by atoms with Crippen LogP contribution in [-0.4, -0.2) is 60.0 Å². The molecule has 7 heteroatoms. The quantitative estimate of drug-likeness (QED) is 0.654. The number of nitrogens with one attached hydrogen (secondary N) is 2. The van der Waals surface area contributed by atoms with Crippen LogP contribution < -0.4 is 10.6 Å². The molecule has 0 spiro atoms. The van der Waals surface area contributed by atoms with Crippen LogP contribution >= 0.6 is 0 Å². The molecule has 1 aromatic heterocycles. The van der Waals surface area contributed by atoms with Crippen molar-refractivity contribution in [3.63, 3.8) is 0 Å². The van der Waals surface area contributed by atoms with E-state index in [4.69, 9.17) is 0 Å². The first kappa shape index (κ1) is 20.4. The van der Waals surface area contributed by atoms with Crippen LogP contribution in [0.4, 0.5) is 0 Å². The number of nitrogens with zero attached hydrogens (tertiary/aromatic N) is 3. The molecule has 7 nitrogen and oxygen atoms in total. The molecule has 0 fully saturated rings. The number of carbonyl (C=O) groups is 2. The molecule has 2 amide bonds. The average Bonchev–Trinajstić information content (AvgIpc) is 2.98. The Bertz CT molecular complexity index is 622. The molecule has 1 aromatic rings. The van der Waals surface area contributed by atoms with E-state index in [1.807, 2.05) is 18.7 Å². The zero-order valence-corrected chi connectivity index (χ0v) is 16.6. The maximum absolute atomic E-state index is 12.6. The number of hydrogen-bond acceptors (Lipinski definition) is 4. The van der Waals surface area contributed by atoms with E-state index < -0.39 is 0 Å². The summed E-state index contributed by atoms with van der Waals surface area (Å²) in [6.07, 6.45) is 4.66. The fourth-order valence-corrected chi connectivity index (χ4v) is 3.13. The van der Waals surface area contributed by atoms with Crippen LogP contribution in [-0.2, 0) is 13.0 Å². The fraction of sp³-hybridized carbons (Fsp3) is 0.737. The van der Waals surface area contributed by atoms with Crippen LogP contribution in [0, 0.1) is 5.92 Å². The molecule has 26 heavy (non-hydrogen) atoms. The normalized spacial score (nSPS) is 13.8. The molecule has 0 radical (unpaired) electrons.